The van der Waals surface area contributed by atoms with Crippen LogP contribution in [0.4, 0.5) is 0 Å². The van der Waals surface area contributed by atoms with Crippen molar-refractivity contribution in [3.8, 4) is 0 Å². The molecule has 25 heavy (non-hydrogen) atoms. The van der Waals surface area contributed by atoms with Crippen molar-refractivity contribution in [1.82, 2.24) is 0 Å². The van der Waals surface area contributed by atoms with E-state index in [0.29, 0.717) is 0 Å². The first kappa shape index (κ1) is 22.8. The van der Waals surface area contributed by atoms with Gasteiger partial charge in [-0.1, -0.05) is 41.5 Å². The molecule has 1 saturated heterocycles. The van der Waals surface area contributed by atoms with Crippen LogP contribution in [0.3, 0.4) is 0 Å². The van der Waals surface area contributed by atoms with Crippen molar-refractivity contribution in [3.05, 3.63) is 0 Å². The first-order valence-electron chi connectivity index (χ1n) is 8.91. The van der Waals surface area contributed by atoms with Crippen molar-refractivity contribution in [1.29, 1.82) is 0 Å². The van der Waals surface area contributed by atoms with Gasteiger partial charge < -0.3 is 4.74 Å². The Morgan fingerprint density at radius 2 is 1.44 bits per heavy atom. The molecule has 0 N–H and O–H groups in total. The van der Waals surface area contributed by atoms with Crippen LogP contribution in [0.5, 0.6) is 0 Å². The minimum Gasteiger partial charge on any atom is -0.457 e. The average Bonchev–Trinajstić information content (AvgIpc) is 2.74. The van der Waals surface area contributed by atoms with Crippen LogP contribution in [-0.2, 0) is 28.5 Å². The van der Waals surface area contributed by atoms with Crippen molar-refractivity contribution in [2.75, 3.05) is 6.61 Å². The Kier molecular flexibility index (Phi) is 7.09. The Bertz CT molecular complexity index is 465. The van der Waals surface area contributed by atoms with Gasteiger partial charge in [-0.2, -0.15) is 0 Å². The maximum atomic E-state index is 11.7. The lowest BCUT2D eigenvalue weighted by Gasteiger charge is -2.36. The summed E-state index contributed by atoms with van der Waals surface area (Å²) in [5.74, 6) is -0.301. The first-order valence-corrected chi connectivity index (χ1v) is 14.7. The molecule has 8 heteroatoms. The minimum atomic E-state index is -2.06. The van der Waals surface area contributed by atoms with Gasteiger partial charge in [-0.3, -0.25) is 13.9 Å². The predicted octanol–water partition coefficient (Wildman–Crippen LogP) is 4.58. The number of carbonyl (C=O) groups excluding carboxylic acids is 1. The van der Waals surface area contributed by atoms with Gasteiger partial charge >= 0.3 is 5.97 Å². The summed E-state index contributed by atoms with van der Waals surface area (Å²) in [7, 11) is -4.08. The maximum Gasteiger partial charge on any atom is 0.309 e. The molecule has 0 amide bonds. The number of ether oxygens (including phenoxy) is 1. The van der Waals surface area contributed by atoms with Crippen LogP contribution in [0.1, 0.15) is 48.0 Å². The van der Waals surface area contributed by atoms with Gasteiger partial charge in [0, 0.05) is 0 Å². The van der Waals surface area contributed by atoms with Gasteiger partial charge in [0.25, 0.3) is 0 Å². The zero-order valence-corrected chi connectivity index (χ0v) is 19.5. The fraction of sp³-hybridized carbons (Fsp3) is 0.941. The second kappa shape index (κ2) is 7.78. The minimum absolute atomic E-state index is 0.0217. The van der Waals surface area contributed by atoms with E-state index in [1.165, 1.54) is 0 Å². The van der Waals surface area contributed by atoms with E-state index in [0.717, 1.165) is 0 Å². The number of cyclic esters (lactones) is 1. The Labute approximate surface area is 154 Å². The lowest BCUT2D eigenvalue weighted by Crippen LogP contribution is -2.44. The number of rotatable bonds is 7. The summed E-state index contributed by atoms with van der Waals surface area (Å²) in [4.78, 5) is 22.7. The van der Waals surface area contributed by atoms with Crippen LogP contribution in [0.2, 0.25) is 36.3 Å². The molecule has 1 aliphatic rings. The van der Waals surface area contributed by atoms with Gasteiger partial charge in [-0.05, 0) is 36.3 Å². The van der Waals surface area contributed by atoms with E-state index in [9.17, 15) is 4.79 Å². The molecule has 0 radical (unpaired) electrons. The summed E-state index contributed by atoms with van der Waals surface area (Å²) in [5, 5.41) is 0.0641. The summed E-state index contributed by atoms with van der Waals surface area (Å²) < 4.78 is 16.8. The summed E-state index contributed by atoms with van der Waals surface area (Å²) in [6, 6.07) is 0. The molecule has 148 valence electrons. The first-order chi connectivity index (χ1) is 11.1. The van der Waals surface area contributed by atoms with E-state index in [1.54, 1.807) is 0 Å². The Morgan fingerprint density at radius 1 is 0.960 bits per heavy atom. The molecular formula is C17H36O6Si2. The molecule has 6 nitrogen and oxygen atoms in total. The number of hydrogen-bond donors (Lipinski definition) is 0. The summed E-state index contributed by atoms with van der Waals surface area (Å²) in [5.41, 5.74) is 0. The molecule has 0 aromatic heterocycles. The van der Waals surface area contributed by atoms with Crippen LogP contribution < -0.4 is 0 Å². The van der Waals surface area contributed by atoms with Crippen LogP contribution in [0, 0.1) is 0 Å². The van der Waals surface area contributed by atoms with E-state index < -0.39 is 28.8 Å². The maximum absolute atomic E-state index is 11.7. The molecule has 0 saturated carbocycles. The zero-order valence-electron chi connectivity index (χ0n) is 17.5. The molecular weight excluding hydrogens is 356 g/mol. The highest BCUT2D eigenvalue weighted by molar-refractivity contribution is 6.74. The third-order valence-electron chi connectivity index (χ3n) is 5.56. The fourth-order valence-corrected chi connectivity index (χ4v) is 2.73. The van der Waals surface area contributed by atoms with Gasteiger partial charge in [0.1, 0.15) is 12.7 Å². The number of carbonyl (C=O) groups is 1. The normalized spacial score (nSPS) is 23.0. The van der Waals surface area contributed by atoms with Crippen molar-refractivity contribution in [2.45, 2.75) is 96.4 Å². The van der Waals surface area contributed by atoms with Crippen molar-refractivity contribution in [3.63, 3.8) is 0 Å². The van der Waals surface area contributed by atoms with E-state index in [1.807, 2.05) is 0 Å². The van der Waals surface area contributed by atoms with Crippen LogP contribution in [-0.4, -0.2) is 41.4 Å². The van der Waals surface area contributed by atoms with Crippen LogP contribution >= 0.6 is 0 Å². The van der Waals surface area contributed by atoms with Gasteiger partial charge in [0.05, 0.1) is 6.42 Å². The van der Waals surface area contributed by atoms with Crippen molar-refractivity contribution >= 4 is 22.6 Å². The topological polar surface area (TPSA) is 63.2 Å². The van der Waals surface area contributed by atoms with E-state index in [-0.39, 0.29) is 29.1 Å². The molecule has 0 bridgehead atoms. The summed E-state index contributed by atoms with van der Waals surface area (Å²) in [6.45, 7) is 21.3. The molecule has 0 spiro atoms. The lowest BCUT2D eigenvalue weighted by atomic mass is 10.2. The Morgan fingerprint density at radius 3 is 1.92 bits per heavy atom. The second-order valence-corrected chi connectivity index (χ2v) is 19.2. The highest BCUT2D eigenvalue weighted by Crippen LogP contribution is 2.38. The van der Waals surface area contributed by atoms with Crippen LogP contribution in [0.25, 0.3) is 0 Å². The van der Waals surface area contributed by atoms with E-state index >= 15 is 0 Å². The highest BCUT2D eigenvalue weighted by atomic mass is 28.4. The lowest BCUT2D eigenvalue weighted by molar-refractivity contribution is -0.288. The second-order valence-electron chi connectivity index (χ2n) is 9.84. The predicted molar refractivity (Wildman–Crippen MR) is 102 cm³/mol. The number of esters is 1. The van der Waals surface area contributed by atoms with Gasteiger partial charge in [-0.15, -0.1) is 0 Å². The molecule has 2 atom stereocenters. The van der Waals surface area contributed by atoms with E-state index in [4.69, 9.17) is 23.7 Å². The Hall–Kier alpha value is -0.256. The standard InChI is InChI=1S/C17H36O6Si2/c1-16(2,3)24(7,8)22-19-12-14-13(11-15(18)20-14)21-23-25(9,10)17(4,5)6/h13-14H,11-12H2,1-10H3/t13-,14+/m0/s1. The van der Waals surface area contributed by atoms with E-state index in [2.05, 4.69) is 67.7 Å². The summed E-state index contributed by atoms with van der Waals surface area (Å²) in [6.07, 6.45) is -0.811. The molecule has 1 aliphatic heterocycles. The van der Waals surface area contributed by atoms with Gasteiger partial charge in [-0.25, -0.2) is 9.78 Å². The third kappa shape index (κ3) is 6.14. The third-order valence-corrected chi connectivity index (χ3v) is 13.8. The SMILES string of the molecule is CC(C)(C)[Si](C)(C)OOC[C@H]1OC(=O)C[C@@H]1OO[Si](C)(C)C(C)(C)C. The van der Waals surface area contributed by atoms with Gasteiger partial charge in [0.15, 0.2) is 6.10 Å². The molecule has 0 aromatic carbocycles. The highest BCUT2D eigenvalue weighted by Gasteiger charge is 2.44. The number of hydrogen-bond acceptors (Lipinski definition) is 6. The molecule has 1 heterocycles. The smallest absolute Gasteiger partial charge is 0.309 e. The molecule has 1 fully saturated rings. The molecule has 0 aromatic rings. The molecule has 0 unspecified atom stereocenters. The fourth-order valence-electron chi connectivity index (χ4n) is 1.51. The molecule has 0 aliphatic carbocycles. The monoisotopic (exact) mass is 392 g/mol. The quantitative estimate of drug-likeness (QED) is 0.273. The van der Waals surface area contributed by atoms with Crippen molar-refractivity contribution in [2.24, 2.45) is 0 Å². The summed E-state index contributed by atoms with van der Waals surface area (Å²) >= 11 is 0. The van der Waals surface area contributed by atoms with Crippen molar-refractivity contribution < 1.29 is 28.5 Å². The Balaban J connectivity index is 2.57. The average molecular weight is 393 g/mol. The van der Waals surface area contributed by atoms with Crippen LogP contribution in [0.15, 0.2) is 0 Å². The van der Waals surface area contributed by atoms with Gasteiger partial charge in [0.2, 0.25) is 16.6 Å². The molecule has 1 rings (SSSR count). The largest absolute Gasteiger partial charge is 0.457 e. The zero-order chi connectivity index (χ0) is 19.7.